The molecule has 0 aromatic heterocycles. The van der Waals surface area contributed by atoms with Crippen LogP contribution in [-0.4, -0.2) is 6.10 Å². The Morgan fingerprint density at radius 3 is 2.43 bits per heavy atom. The van der Waals surface area contributed by atoms with Crippen molar-refractivity contribution < 1.29 is 4.74 Å². The van der Waals surface area contributed by atoms with Gasteiger partial charge in [0.2, 0.25) is 0 Å². The molecule has 0 bridgehead atoms. The van der Waals surface area contributed by atoms with Gasteiger partial charge in [-0.25, -0.2) is 0 Å². The minimum Gasteiger partial charge on any atom is -0.443 e. The Kier molecular flexibility index (Phi) is 1.21. The van der Waals surface area contributed by atoms with Crippen molar-refractivity contribution in [1.29, 1.82) is 0 Å². The highest BCUT2D eigenvalue weighted by Gasteiger charge is 2.17. The Morgan fingerprint density at radius 2 is 2.29 bits per heavy atom. The van der Waals surface area contributed by atoms with E-state index in [1.165, 1.54) is 6.42 Å². The van der Waals surface area contributed by atoms with Crippen molar-refractivity contribution in [3.8, 4) is 12.5 Å². The zero-order valence-corrected chi connectivity index (χ0v) is 4.18. The van der Waals surface area contributed by atoms with E-state index < -0.39 is 0 Å². The highest BCUT2D eigenvalue weighted by atomic mass is 16.5. The zero-order chi connectivity index (χ0) is 5.11. The molecule has 0 heterocycles. The van der Waals surface area contributed by atoms with Gasteiger partial charge in [-0.05, 0) is 19.3 Å². The van der Waals surface area contributed by atoms with Crippen LogP contribution in [-0.2, 0) is 4.74 Å². The molecular formula is C6H8O. The van der Waals surface area contributed by atoms with Gasteiger partial charge in [-0.3, -0.25) is 0 Å². The summed E-state index contributed by atoms with van der Waals surface area (Å²) in [6.45, 7) is 0. The lowest BCUT2D eigenvalue weighted by atomic mass is 9.96. The molecule has 0 amide bonds. The van der Waals surface area contributed by atoms with Gasteiger partial charge in [0, 0.05) is 0 Å². The molecule has 0 aromatic rings. The van der Waals surface area contributed by atoms with E-state index in [0.29, 0.717) is 6.10 Å². The van der Waals surface area contributed by atoms with Crippen LogP contribution in [0.3, 0.4) is 0 Å². The van der Waals surface area contributed by atoms with Crippen molar-refractivity contribution in [2.24, 2.45) is 0 Å². The second kappa shape index (κ2) is 1.88. The Hall–Kier alpha value is -0.640. The van der Waals surface area contributed by atoms with Crippen LogP contribution in [0.4, 0.5) is 0 Å². The zero-order valence-electron chi connectivity index (χ0n) is 4.18. The summed E-state index contributed by atoms with van der Waals surface area (Å²) in [6.07, 6.45) is 11.0. The second-order valence-corrected chi connectivity index (χ2v) is 1.79. The molecule has 0 aliphatic heterocycles. The lowest BCUT2D eigenvalue weighted by Crippen LogP contribution is -2.18. The lowest BCUT2D eigenvalue weighted by Gasteiger charge is -2.21. The lowest BCUT2D eigenvalue weighted by molar-refractivity contribution is 0.0910. The SMILES string of the molecule is C#COC1CCC1. The smallest absolute Gasteiger partial charge is 0.110 e. The van der Waals surface area contributed by atoms with Crippen LogP contribution in [0.1, 0.15) is 19.3 Å². The maximum Gasteiger partial charge on any atom is 0.110 e. The summed E-state index contributed by atoms with van der Waals surface area (Å²) in [4.78, 5) is 0. The van der Waals surface area contributed by atoms with Gasteiger partial charge in [-0.2, -0.15) is 0 Å². The molecule has 0 atom stereocenters. The molecule has 1 fully saturated rings. The van der Waals surface area contributed by atoms with Crippen LogP contribution >= 0.6 is 0 Å². The Bertz CT molecular complexity index is 86.8. The molecule has 0 radical (unpaired) electrons. The number of hydrogen-bond donors (Lipinski definition) is 0. The maximum atomic E-state index is 4.87. The summed E-state index contributed by atoms with van der Waals surface area (Å²) in [5, 5.41) is 0. The van der Waals surface area contributed by atoms with Gasteiger partial charge in [0.25, 0.3) is 0 Å². The maximum absolute atomic E-state index is 4.87. The fourth-order valence-corrected chi connectivity index (χ4v) is 0.585. The first-order chi connectivity index (χ1) is 3.43. The summed E-state index contributed by atoms with van der Waals surface area (Å²) in [5.41, 5.74) is 0. The van der Waals surface area contributed by atoms with E-state index in [0.717, 1.165) is 12.8 Å². The number of terminal acetylenes is 1. The molecule has 38 valence electrons. The van der Waals surface area contributed by atoms with Crippen LogP contribution in [0.25, 0.3) is 0 Å². The van der Waals surface area contributed by atoms with Crippen LogP contribution in [0.2, 0.25) is 0 Å². The van der Waals surface area contributed by atoms with Crippen molar-refractivity contribution in [3.63, 3.8) is 0 Å². The third-order valence-corrected chi connectivity index (χ3v) is 1.29. The third kappa shape index (κ3) is 0.866. The molecule has 0 aromatic carbocycles. The van der Waals surface area contributed by atoms with Gasteiger partial charge in [0.05, 0.1) is 0 Å². The second-order valence-electron chi connectivity index (χ2n) is 1.79. The van der Waals surface area contributed by atoms with E-state index >= 15 is 0 Å². The van der Waals surface area contributed by atoms with Gasteiger partial charge in [0.15, 0.2) is 0 Å². The average Bonchev–Trinajstić information content (AvgIpc) is 1.55. The number of rotatable bonds is 1. The first-order valence-corrected chi connectivity index (χ1v) is 2.54. The first kappa shape index (κ1) is 4.52. The third-order valence-electron chi connectivity index (χ3n) is 1.29. The molecule has 1 rings (SSSR count). The predicted molar refractivity (Wildman–Crippen MR) is 27.6 cm³/mol. The highest BCUT2D eigenvalue weighted by molar-refractivity contribution is 4.77. The van der Waals surface area contributed by atoms with Crippen LogP contribution in [0.15, 0.2) is 0 Å². The summed E-state index contributed by atoms with van der Waals surface area (Å²) in [7, 11) is 0. The largest absolute Gasteiger partial charge is 0.443 e. The minimum absolute atomic E-state index is 0.394. The normalized spacial score (nSPS) is 19.9. The number of hydrogen-bond acceptors (Lipinski definition) is 1. The average molecular weight is 96.1 g/mol. The van der Waals surface area contributed by atoms with E-state index in [2.05, 4.69) is 6.11 Å². The monoisotopic (exact) mass is 96.1 g/mol. The standard InChI is InChI=1S/C6H8O/c1-2-7-6-4-3-5-6/h1,6H,3-5H2. The molecule has 1 heteroatoms. The summed E-state index contributed by atoms with van der Waals surface area (Å²) < 4.78 is 4.81. The fraction of sp³-hybridized carbons (Fsp3) is 0.667. The van der Waals surface area contributed by atoms with Crippen molar-refractivity contribution >= 4 is 0 Å². The highest BCUT2D eigenvalue weighted by Crippen LogP contribution is 2.20. The van der Waals surface area contributed by atoms with E-state index in [-0.39, 0.29) is 0 Å². The van der Waals surface area contributed by atoms with Crippen molar-refractivity contribution in [2.45, 2.75) is 25.4 Å². The molecular weight excluding hydrogens is 88.1 g/mol. The van der Waals surface area contributed by atoms with Crippen molar-refractivity contribution in [1.82, 2.24) is 0 Å². The summed E-state index contributed by atoms with van der Waals surface area (Å²) in [5.74, 6) is 0. The van der Waals surface area contributed by atoms with Gasteiger partial charge in [-0.15, -0.1) is 0 Å². The van der Waals surface area contributed by atoms with Crippen molar-refractivity contribution in [3.05, 3.63) is 0 Å². The van der Waals surface area contributed by atoms with Gasteiger partial charge in [0.1, 0.15) is 12.2 Å². The van der Waals surface area contributed by atoms with Gasteiger partial charge < -0.3 is 4.74 Å². The summed E-state index contributed by atoms with van der Waals surface area (Å²) in [6, 6.07) is 0. The minimum atomic E-state index is 0.394. The molecule has 1 saturated carbocycles. The van der Waals surface area contributed by atoms with Crippen LogP contribution in [0.5, 0.6) is 0 Å². The fourth-order valence-electron chi connectivity index (χ4n) is 0.585. The Morgan fingerprint density at radius 1 is 1.57 bits per heavy atom. The van der Waals surface area contributed by atoms with E-state index in [1.54, 1.807) is 0 Å². The molecule has 1 aliphatic carbocycles. The molecule has 0 spiro atoms. The number of ether oxygens (including phenoxy) is 1. The Balaban J connectivity index is 2.06. The van der Waals surface area contributed by atoms with Crippen LogP contribution in [0, 0.1) is 12.5 Å². The molecule has 0 saturated heterocycles. The predicted octanol–water partition coefficient (Wildman–Crippen LogP) is 1.15. The molecule has 7 heavy (non-hydrogen) atoms. The molecule has 1 nitrogen and oxygen atoms in total. The Labute approximate surface area is 43.7 Å². The van der Waals surface area contributed by atoms with E-state index in [4.69, 9.17) is 11.2 Å². The molecule has 0 unspecified atom stereocenters. The quantitative estimate of drug-likeness (QED) is 0.445. The summed E-state index contributed by atoms with van der Waals surface area (Å²) >= 11 is 0. The topological polar surface area (TPSA) is 9.23 Å². The molecule has 0 N–H and O–H groups in total. The van der Waals surface area contributed by atoms with Crippen molar-refractivity contribution in [2.75, 3.05) is 0 Å². The van der Waals surface area contributed by atoms with E-state index in [9.17, 15) is 0 Å². The first-order valence-electron chi connectivity index (χ1n) is 2.54. The van der Waals surface area contributed by atoms with Crippen LogP contribution < -0.4 is 0 Å². The van der Waals surface area contributed by atoms with E-state index in [1.807, 2.05) is 0 Å². The van der Waals surface area contributed by atoms with Gasteiger partial charge >= 0.3 is 0 Å². The molecule has 1 aliphatic rings. The van der Waals surface area contributed by atoms with Gasteiger partial charge in [-0.1, -0.05) is 6.42 Å².